The lowest BCUT2D eigenvalue weighted by molar-refractivity contribution is -0.385. The third-order valence-corrected chi connectivity index (χ3v) is 5.07. The van der Waals surface area contributed by atoms with E-state index in [2.05, 4.69) is 0 Å². The lowest BCUT2D eigenvalue weighted by Gasteiger charge is -2.20. The molecule has 4 rings (SSSR count). The van der Waals surface area contributed by atoms with E-state index < -0.39 is 4.92 Å². The molecule has 0 bridgehead atoms. The molecule has 28 heavy (non-hydrogen) atoms. The van der Waals surface area contributed by atoms with Crippen LogP contribution < -0.4 is 4.90 Å². The SMILES string of the molecule is O=C1/C(=C/c2ccccc2[N+](=O)[O-])c2ccccc2N1c1c(Cl)cccc1Cl. The molecule has 5 nitrogen and oxygen atoms in total. The summed E-state index contributed by atoms with van der Waals surface area (Å²) in [5.41, 5.74) is 2.26. The van der Waals surface area contributed by atoms with E-state index in [-0.39, 0.29) is 11.6 Å². The van der Waals surface area contributed by atoms with E-state index in [1.54, 1.807) is 60.7 Å². The fraction of sp³-hybridized carbons (Fsp3) is 0. The molecule has 3 aromatic carbocycles. The van der Waals surface area contributed by atoms with Crippen LogP contribution in [0.5, 0.6) is 0 Å². The maximum atomic E-state index is 13.3. The Labute approximate surface area is 170 Å². The quantitative estimate of drug-likeness (QED) is 0.296. The van der Waals surface area contributed by atoms with Crippen molar-refractivity contribution in [2.45, 2.75) is 0 Å². The van der Waals surface area contributed by atoms with Crippen molar-refractivity contribution < 1.29 is 9.72 Å². The average molecular weight is 411 g/mol. The Kier molecular flexibility index (Phi) is 4.63. The van der Waals surface area contributed by atoms with Crippen LogP contribution >= 0.6 is 23.2 Å². The number of rotatable bonds is 3. The number of carbonyl (C=O) groups excluding carboxylic acids is 1. The summed E-state index contributed by atoms with van der Waals surface area (Å²) in [4.78, 5) is 25.6. The van der Waals surface area contributed by atoms with Gasteiger partial charge >= 0.3 is 0 Å². The summed E-state index contributed by atoms with van der Waals surface area (Å²) >= 11 is 12.7. The number of carbonyl (C=O) groups is 1. The van der Waals surface area contributed by atoms with Crippen LogP contribution in [0, 0.1) is 10.1 Å². The number of para-hydroxylation sites is 3. The summed E-state index contributed by atoms with van der Waals surface area (Å²) in [6.45, 7) is 0. The van der Waals surface area contributed by atoms with Gasteiger partial charge in [0.1, 0.15) is 0 Å². The number of nitro groups is 1. The van der Waals surface area contributed by atoms with Crippen LogP contribution in [0.15, 0.2) is 66.7 Å². The van der Waals surface area contributed by atoms with Gasteiger partial charge in [-0.2, -0.15) is 0 Å². The Morgan fingerprint density at radius 1 is 0.893 bits per heavy atom. The van der Waals surface area contributed by atoms with E-state index in [9.17, 15) is 14.9 Å². The van der Waals surface area contributed by atoms with Gasteiger partial charge in [-0.3, -0.25) is 19.8 Å². The number of halogens is 2. The molecule has 0 aliphatic carbocycles. The molecule has 7 heteroatoms. The van der Waals surface area contributed by atoms with Crippen LogP contribution in [0.2, 0.25) is 10.0 Å². The van der Waals surface area contributed by atoms with E-state index in [0.29, 0.717) is 38.1 Å². The van der Waals surface area contributed by atoms with Gasteiger partial charge in [-0.05, 0) is 30.3 Å². The van der Waals surface area contributed by atoms with E-state index in [4.69, 9.17) is 23.2 Å². The number of nitrogens with zero attached hydrogens (tertiary/aromatic N) is 2. The topological polar surface area (TPSA) is 63.4 Å². The fourth-order valence-corrected chi connectivity index (χ4v) is 3.80. The van der Waals surface area contributed by atoms with Gasteiger partial charge in [-0.15, -0.1) is 0 Å². The highest BCUT2D eigenvalue weighted by Crippen LogP contribution is 2.47. The number of benzene rings is 3. The summed E-state index contributed by atoms with van der Waals surface area (Å²) < 4.78 is 0. The molecule has 0 N–H and O–H groups in total. The van der Waals surface area contributed by atoms with Crippen molar-refractivity contribution in [3.05, 3.63) is 98.0 Å². The Hall–Kier alpha value is -3.15. The molecular formula is C21H12Cl2N2O3. The predicted molar refractivity (Wildman–Crippen MR) is 111 cm³/mol. The lowest BCUT2D eigenvalue weighted by atomic mass is 10.0. The molecule has 1 heterocycles. The molecule has 0 radical (unpaired) electrons. The van der Waals surface area contributed by atoms with Gasteiger partial charge in [0.15, 0.2) is 0 Å². The number of fused-ring (bicyclic) bond motifs is 1. The first-order valence-corrected chi connectivity index (χ1v) is 9.07. The van der Waals surface area contributed by atoms with Gasteiger partial charge in [0, 0.05) is 11.6 Å². The van der Waals surface area contributed by atoms with Crippen molar-refractivity contribution >= 4 is 57.8 Å². The summed E-state index contributed by atoms with van der Waals surface area (Å²) in [7, 11) is 0. The predicted octanol–water partition coefficient (Wildman–Crippen LogP) is 6.12. The monoisotopic (exact) mass is 410 g/mol. The van der Waals surface area contributed by atoms with Crippen LogP contribution in [-0.2, 0) is 4.79 Å². The smallest absolute Gasteiger partial charge is 0.273 e. The summed E-state index contributed by atoms with van der Waals surface area (Å²) in [6.07, 6.45) is 1.53. The molecule has 0 aromatic heterocycles. The number of hydrogen-bond acceptors (Lipinski definition) is 3. The molecule has 0 atom stereocenters. The number of anilines is 2. The molecule has 1 amide bonds. The number of hydrogen-bond donors (Lipinski definition) is 0. The van der Waals surface area contributed by atoms with Crippen molar-refractivity contribution in [1.29, 1.82) is 0 Å². The van der Waals surface area contributed by atoms with E-state index in [0.717, 1.165) is 0 Å². The third-order valence-electron chi connectivity index (χ3n) is 4.46. The normalized spacial score (nSPS) is 14.4. The van der Waals surface area contributed by atoms with Crippen LogP contribution in [0.25, 0.3) is 11.6 Å². The van der Waals surface area contributed by atoms with Crippen LogP contribution in [0.4, 0.5) is 17.1 Å². The molecule has 0 spiro atoms. The minimum atomic E-state index is -0.472. The molecule has 1 aliphatic rings. The second kappa shape index (κ2) is 7.11. The Morgan fingerprint density at radius 3 is 2.25 bits per heavy atom. The highest BCUT2D eigenvalue weighted by Gasteiger charge is 2.35. The molecule has 1 aliphatic heterocycles. The van der Waals surface area contributed by atoms with Crippen molar-refractivity contribution in [2.24, 2.45) is 0 Å². The first kappa shape index (κ1) is 18.2. The van der Waals surface area contributed by atoms with Gasteiger partial charge in [0.2, 0.25) is 0 Å². The largest absolute Gasteiger partial charge is 0.276 e. The van der Waals surface area contributed by atoms with Crippen molar-refractivity contribution in [2.75, 3.05) is 4.90 Å². The van der Waals surface area contributed by atoms with E-state index >= 15 is 0 Å². The maximum absolute atomic E-state index is 13.3. The summed E-state index contributed by atoms with van der Waals surface area (Å²) in [5.74, 6) is -0.352. The van der Waals surface area contributed by atoms with Gasteiger partial charge < -0.3 is 0 Å². The molecule has 3 aromatic rings. The van der Waals surface area contributed by atoms with Crippen molar-refractivity contribution in [1.82, 2.24) is 0 Å². The average Bonchev–Trinajstić information content (AvgIpc) is 2.94. The number of amides is 1. The van der Waals surface area contributed by atoms with Crippen LogP contribution in [-0.4, -0.2) is 10.8 Å². The van der Waals surface area contributed by atoms with E-state index in [1.807, 2.05) is 0 Å². The van der Waals surface area contributed by atoms with Crippen molar-refractivity contribution in [3.63, 3.8) is 0 Å². The zero-order valence-corrected chi connectivity index (χ0v) is 15.8. The molecule has 0 fully saturated rings. The summed E-state index contributed by atoms with van der Waals surface area (Å²) in [5, 5.41) is 12.0. The second-order valence-corrected chi connectivity index (χ2v) is 6.92. The van der Waals surface area contributed by atoms with Gasteiger partial charge in [-0.1, -0.05) is 59.6 Å². The zero-order chi connectivity index (χ0) is 19.8. The number of nitro benzene ring substituents is 1. The van der Waals surface area contributed by atoms with Gasteiger partial charge in [0.25, 0.3) is 11.6 Å². The standard InChI is InChI=1S/C21H12Cl2N2O3/c22-16-8-5-9-17(23)20(16)24-19-11-4-2-7-14(19)15(21(24)26)12-13-6-1-3-10-18(13)25(27)28/h1-12H/b15-12+. The molecule has 0 saturated heterocycles. The Bertz CT molecular complexity index is 1140. The molecule has 0 unspecified atom stereocenters. The lowest BCUT2D eigenvalue weighted by Crippen LogP contribution is -2.21. The molecule has 0 saturated carbocycles. The first-order valence-electron chi connectivity index (χ1n) is 8.32. The highest BCUT2D eigenvalue weighted by atomic mass is 35.5. The zero-order valence-electron chi connectivity index (χ0n) is 14.3. The maximum Gasteiger partial charge on any atom is 0.276 e. The minimum Gasteiger partial charge on any atom is -0.273 e. The Morgan fingerprint density at radius 2 is 1.54 bits per heavy atom. The van der Waals surface area contributed by atoms with Gasteiger partial charge in [0.05, 0.1) is 37.5 Å². The third kappa shape index (κ3) is 2.95. The highest BCUT2D eigenvalue weighted by molar-refractivity contribution is 6.44. The second-order valence-electron chi connectivity index (χ2n) is 6.10. The Balaban J connectivity index is 1.93. The molecular weight excluding hydrogens is 399 g/mol. The minimum absolute atomic E-state index is 0.0745. The van der Waals surface area contributed by atoms with E-state index in [1.165, 1.54) is 17.0 Å². The molecule has 138 valence electrons. The van der Waals surface area contributed by atoms with Crippen LogP contribution in [0.1, 0.15) is 11.1 Å². The van der Waals surface area contributed by atoms with Gasteiger partial charge in [-0.25, -0.2) is 0 Å². The van der Waals surface area contributed by atoms with Crippen LogP contribution in [0.3, 0.4) is 0 Å². The fourth-order valence-electron chi connectivity index (χ4n) is 3.24. The first-order chi connectivity index (χ1) is 13.5. The van der Waals surface area contributed by atoms with Crippen molar-refractivity contribution in [3.8, 4) is 0 Å². The summed E-state index contributed by atoms with van der Waals surface area (Å²) in [6, 6.07) is 18.5.